The molecule has 4 rings (SSSR count). The predicted octanol–water partition coefficient (Wildman–Crippen LogP) is 4.70. The SMILES string of the molecule is CCC1C=CC2=C1CCN(CCCCOc1ccc3cccc(O)c3n1)C2. The fraction of sp³-hybridized carbons (Fsp3) is 0.435. The smallest absolute Gasteiger partial charge is 0.213 e. The molecule has 0 amide bonds. The maximum absolute atomic E-state index is 9.91. The zero-order chi connectivity index (χ0) is 18.6. The molecule has 0 fully saturated rings. The van der Waals surface area contributed by atoms with Crippen LogP contribution in [0.3, 0.4) is 0 Å². The van der Waals surface area contributed by atoms with Gasteiger partial charge in [-0.05, 0) is 55.9 Å². The van der Waals surface area contributed by atoms with Gasteiger partial charge in [-0.2, -0.15) is 0 Å². The highest BCUT2D eigenvalue weighted by Crippen LogP contribution is 2.33. The van der Waals surface area contributed by atoms with E-state index >= 15 is 0 Å². The monoisotopic (exact) mass is 364 g/mol. The fourth-order valence-electron chi connectivity index (χ4n) is 4.17. The van der Waals surface area contributed by atoms with E-state index in [1.807, 2.05) is 24.3 Å². The first kappa shape index (κ1) is 18.1. The molecule has 1 unspecified atom stereocenters. The lowest BCUT2D eigenvalue weighted by Gasteiger charge is -2.29. The van der Waals surface area contributed by atoms with Crippen LogP contribution < -0.4 is 4.74 Å². The van der Waals surface area contributed by atoms with Crippen LogP contribution in [0.4, 0.5) is 0 Å². The molecular formula is C23H28N2O2. The van der Waals surface area contributed by atoms with E-state index in [4.69, 9.17) is 4.74 Å². The van der Waals surface area contributed by atoms with Gasteiger partial charge < -0.3 is 9.84 Å². The van der Waals surface area contributed by atoms with Crippen LogP contribution in [-0.4, -0.2) is 41.2 Å². The van der Waals surface area contributed by atoms with Gasteiger partial charge in [-0.25, -0.2) is 4.98 Å². The summed E-state index contributed by atoms with van der Waals surface area (Å²) in [5.41, 5.74) is 3.84. The molecule has 1 N–H and O–H groups in total. The molecule has 1 aromatic carbocycles. The number of unbranched alkanes of at least 4 members (excludes halogenated alkanes) is 1. The van der Waals surface area contributed by atoms with Gasteiger partial charge in [-0.1, -0.05) is 36.8 Å². The predicted molar refractivity (Wildman–Crippen MR) is 109 cm³/mol. The summed E-state index contributed by atoms with van der Waals surface area (Å²) in [6, 6.07) is 9.23. The summed E-state index contributed by atoms with van der Waals surface area (Å²) in [6.07, 6.45) is 9.32. The quantitative estimate of drug-likeness (QED) is 0.724. The van der Waals surface area contributed by atoms with Gasteiger partial charge >= 0.3 is 0 Å². The summed E-state index contributed by atoms with van der Waals surface area (Å²) in [5, 5.41) is 10.8. The average Bonchev–Trinajstić information content (AvgIpc) is 3.10. The summed E-state index contributed by atoms with van der Waals surface area (Å²) < 4.78 is 5.80. The van der Waals surface area contributed by atoms with Gasteiger partial charge in [0.15, 0.2) is 0 Å². The number of phenols is 1. The van der Waals surface area contributed by atoms with Crippen LogP contribution in [0.1, 0.15) is 32.6 Å². The van der Waals surface area contributed by atoms with Crippen molar-refractivity contribution in [3.05, 3.63) is 53.6 Å². The number of benzene rings is 1. The number of hydrogen-bond donors (Lipinski definition) is 1. The minimum absolute atomic E-state index is 0.197. The number of para-hydroxylation sites is 1. The van der Waals surface area contributed by atoms with Gasteiger partial charge in [-0.3, -0.25) is 4.90 Å². The van der Waals surface area contributed by atoms with Crippen molar-refractivity contribution in [2.75, 3.05) is 26.2 Å². The van der Waals surface area contributed by atoms with Crippen molar-refractivity contribution in [1.82, 2.24) is 9.88 Å². The van der Waals surface area contributed by atoms with Crippen LogP contribution in [0.2, 0.25) is 0 Å². The molecule has 2 heterocycles. The first-order chi connectivity index (χ1) is 13.2. The second-order valence-electron chi connectivity index (χ2n) is 7.50. The maximum Gasteiger partial charge on any atom is 0.213 e. The van der Waals surface area contributed by atoms with E-state index in [2.05, 4.69) is 29.0 Å². The van der Waals surface area contributed by atoms with Crippen molar-refractivity contribution in [2.24, 2.45) is 5.92 Å². The fourth-order valence-corrected chi connectivity index (χ4v) is 4.17. The minimum atomic E-state index is 0.197. The minimum Gasteiger partial charge on any atom is -0.506 e. The number of ether oxygens (including phenoxy) is 1. The zero-order valence-electron chi connectivity index (χ0n) is 16.0. The third-order valence-corrected chi connectivity index (χ3v) is 5.71. The number of hydrogen-bond acceptors (Lipinski definition) is 4. The molecule has 4 nitrogen and oxygen atoms in total. The Hall–Kier alpha value is -2.33. The first-order valence-electron chi connectivity index (χ1n) is 10.1. The number of allylic oxidation sites excluding steroid dienone is 1. The largest absolute Gasteiger partial charge is 0.506 e. The van der Waals surface area contributed by atoms with Crippen molar-refractivity contribution in [3.8, 4) is 11.6 Å². The number of aromatic nitrogens is 1. The molecule has 4 heteroatoms. The first-order valence-corrected chi connectivity index (χ1v) is 10.1. The lowest BCUT2D eigenvalue weighted by Crippen LogP contribution is -2.32. The summed E-state index contributed by atoms with van der Waals surface area (Å²) in [4.78, 5) is 6.98. The molecule has 1 atom stereocenters. The van der Waals surface area contributed by atoms with Crippen LogP contribution in [0, 0.1) is 5.92 Å². The molecule has 1 aliphatic heterocycles. The van der Waals surface area contributed by atoms with Gasteiger partial charge in [0.2, 0.25) is 5.88 Å². The summed E-state index contributed by atoms with van der Waals surface area (Å²) >= 11 is 0. The Balaban J connectivity index is 1.21. The van der Waals surface area contributed by atoms with Crippen LogP contribution in [0.15, 0.2) is 53.6 Å². The Bertz CT molecular complexity index is 872. The number of aromatic hydroxyl groups is 1. The summed E-state index contributed by atoms with van der Waals surface area (Å²) in [7, 11) is 0. The van der Waals surface area contributed by atoms with Crippen LogP contribution in [-0.2, 0) is 0 Å². The normalized spacial score (nSPS) is 19.7. The van der Waals surface area contributed by atoms with E-state index in [0.717, 1.165) is 31.3 Å². The molecule has 0 radical (unpaired) electrons. The van der Waals surface area contributed by atoms with E-state index in [-0.39, 0.29) is 5.75 Å². The molecule has 0 saturated heterocycles. The molecule has 0 spiro atoms. The number of nitrogens with zero attached hydrogens (tertiary/aromatic N) is 2. The lowest BCUT2D eigenvalue weighted by atomic mass is 9.92. The molecular weight excluding hydrogens is 336 g/mol. The summed E-state index contributed by atoms with van der Waals surface area (Å²) in [6.45, 7) is 6.35. The third kappa shape index (κ3) is 4.01. The standard InChI is InChI=1S/C23H28N2O2/c1-2-17-8-9-19-16-25(14-12-20(17)19)13-3-4-15-27-22-11-10-18-6-5-7-21(26)23(18)24-22/h5-11,17,26H,2-4,12-16H2,1H3. The average molecular weight is 364 g/mol. The van der Waals surface area contributed by atoms with E-state index in [9.17, 15) is 5.11 Å². The van der Waals surface area contributed by atoms with E-state index in [0.29, 0.717) is 23.9 Å². The van der Waals surface area contributed by atoms with Crippen molar-refractivity contribution in [3.63, 3.8) is 0 Å². The Morgan fingerprint density at radius 2 is 2.15 bits per heavy atom. The number of fused-ring (bicyclic) bond motifs is 1. The van der Waals surface area contributed by atoms with Gasteiger partial charge in [0.25, 0.3) is 0 Å². The van der Waals surface area contributed by atoms with Crippen molar-refractivity contribution in [1.29, 1.82) is 0 Å². The number of rotatable bonds is 7. The van der Waals surface area contributed by atoms with Crippen LogP contribution in [0.5, 0.6) is 11.6 Å². The van der Waals surface area contributed by atoms with Crippen molar-refractivity contribution in [2.45, 2.75) is 32.6 Å². The maximum atomic E-state index is 9.91. The highest BCUT2D eigenvalue weighted by atomic mass is 16.5. The van der Waals surface area contributed by atoms with E-state index in [1.165, 1.54) is 19.4 Å². The topological polar surface area (TPSA) is 45.6 Å². The van der Waals surface area contributed by atoms with Gasteiger partial charge in [0.1, 0.15) is 11.3 Å². The van der Waals surface area contributed by atoms with E-state index < -0.39 is 0 Å². The molecule has 27 heavy (non-hydrogen) atoms. The second-order valence-corrected chi connectivity index (χ2v) is 7.50. The molecule has 2 aliphatic rings. The van der Waals surface area contributed by atoms with Crippen LogP contribution in [0.25, 0.3) is 10.9 Å². The zero-order valence-corrected chi connectivity index (χ0v) is 16.0. The number of pyridine rings is 1. The van der Waals surface area contributed by atoms with E-state index in [1.54, 1.807) is 17.2 Å². The Morgan fingerprint density at radius 3 is 3.04 bits per heavy atom. The molecule has 0 saturated carbocycles. The molecule has 0 bridgehead atoms. The third-order valence-electron chi connectivity index (χ3n) is 5.71. The van der Waals surface area contributed by atoms with Gasteiger partial charge in [0, 0.05) is 24.5 Å². The van der Waals surface area contributed by atoms with Gasteiger partial charge in [-0.15, -0.1) is 0 Å². The molecule has 1 aliphatic carbocycles. The Morgan fingerprint density at radius 1 is 1.22 bits per heavy atom. The highest BCUT2D eigenvalue weighted by molar-refractivity contribution is 5.84. The number of phenolic OH excluding ortho intramolecular Hbond substituents is 1. The van der Waals surface area contributed by atoms with Crippen LogP contribution >= 0.6 is 0 Å². The molecule has 142 valence electrons. The second kappa shape index (κ2) is 8.13. The van der Waals surface area contributed by atoms with Crippen molar-refractivity contribution >= 4 is 10.9 Å². The Labute approximate surface area is 161 Å². The van der Waals surface area contributed by atoms with Gasteiger partial charge in [0.05, 0.1) is 6.61 Å². The highest BCUT2D eigenvalue weighted by Gasteiger charge is 2.24. The Kier molecular flexibility index (Phi) is 5.44. The lowest BCUT2D eigenvalue weighted by molar-refractivity contribution is 0.253. The summed E-state index contributed by atoms with van der Waals surface area (Å²) in [5.74, 6) is 1.48. The molecule has 2 aromatic rings. The van der Waals surface area contributed by atoms with Crippen molar-refractivity contribution < 1.29 is 9.84 Å². The molecule has 1 aromatic heterocycles.